The van der Waals surface area contributed by atoms with Gasteiger partial charge in [0, 0.05) is 0 Å². The van der Waals surface area contributed by atoms with Crippen LogP contribution >= 0.6 is 7.92 Å². The van der Waals surface area contributed by atoms with Gasteiger partial charge < -0.3 is 4.74 Å². The summed E-state index contributed by atoms with van der Waals surface area (Å²) in [4.78, 5) is 11.9. The molecule has 0 aliphatic rings. The molecule has 0 radical (unpaired) electrons. The molecule has 0 fully saturated rings. The van der Waals surface area contributed by atoms with Gasteiger partial charge >= 0.3 is 5.97 Å². The number of hydrogen-bond acceptors (Lipinski definition) is 2. The fourth-order valence-electron chi connectivity index (χ4n) is 1.99. The largest absolute Gasteiger partial charge is 0.465 e. The number of hydrogen-bond donors (Lipinski definition) is 0. The summed E-state index contributed by atoms with van der Waals surface area (Å²) in [6.07, 6.45) is 0. The number of aryl methyl sites for hydroxylation is 1. The van der Waals surface area contributed by atoms with Gasteiger partial charge in [0.1, 0.15) is 0 Å². The van der Waals surface area contributed by atoms with E-state index in [1.165, 1.54) is 12.4 Å². The van der Waals surface area contributed by atoms with Gasteiger partial charge in [-0.25, -0.2) is 4.79 Å². The number of rotatable bonds is 3. The third-order valence-electron chi connectivity index (χ3n) is 3.06. The van der Waals surface area contributed by atoms with E-state index in [4.69, 9.17) is 4.74 Å². The van der Waals surface area contributed by atoms with Crippen LogP contribution in [0.4, 0.5) is 0 Å². The van der Waals surface area contributed by atoms with E-state index in [9.17, 15) is 4.79 Å². The van der Waals surface area contributed by atoms with Gasteiger partial charge in [0.15, 0.2) is 0 Å². The molecule has 19 heavy (non-hydrogen) atoms. The minimum absolute atomic E-state index is 0.264. The molecule has 0 aliphatic heterocycles. The molecular weight excluding hydrogens is 255 g/mol. The zero-order valence-corrected chi connectivity index (χ0v) is 12.3. The number of carbonyl (C=O) groups is 1. The normalized spacial score (nSPS) is 11.9. The zero-order valence-electron chi connectivity index (χ0n) is 11.4. The second kappa shape index (κ2) is 5.99. The molecule has 2 rings (SSSR count). The second-order valence-corrected chi connectivity index (χ2v) is 6.52. The average molecular weight is 272 g/mol. The molecule has 2 nitrogen and oxygen atoms in total. The van der Waals surface area contributed by atoms with Crippen LogP contribution in [0.1, 0.15) is 15.9 Å². The standard InChI is InChI=1S/C16H17O2P/c1-12-9-10-14(16(17)18-2)15(11-12)19(3)13-7-5-4-6-8-13/h4-11H,1-3H3. The molecule has 0 aromatic heterocycles. The van der Waals surface area contributed by atoms with E-state index in [1.54, 1.807) is 0 Å². The summed E-state index contributed by atoms with van der Waals surface area (Å²) in [6.45, 7) is 4.21. The molecule has 0 amide bonds. The van der Waals surface area contributed by atoms with Gasteiger partial charge in [-0.2, -0.15) is 0 Å². The van der Waals surface area contributed by atoms with Crippen molar-refractivity contribution in [3.63, 3.8) is 0 Å². The summed E-state index contributed by atoms with van der Waals surface area (Å²) in [5.74, 6) is -0.264. The van der Waals surface area contributed by atoms with Gasteiger partial charge in [0.05, 0.1) is 12.7 Å². The van der Waals surface area contributed by atoms with Gasteiger partial charge in [-0.15, -0.1) is 0 Å². The lowest BCUT2D eigenvalue weighted by atomic mass is 10.1. The molecule has 0 aliphatic carbocycles. The average Bonchev–Trinajstić information content (AvgIpc) is 2.46. The fraction of sp³-hybridized carbons (Fsp3) is 0.188. The number of methoxy groups -OCH3 is 1. The van der Waals surface area contributed by atoms with Crippen LogP contribution in [0.2, 0.25) is 0 Å². The third-order valence-corrected chi connectivity index (χ3v) is 5.23. The highest BCUT2D eigenvalue weighted by Gasteiger charge is 2.17. The first-order valence-corrected chi connectivity index (χ1v) is 7.90. The van der Waals surface area contributed by atoms with Crippen molar-refractivity contribution < 1.29 is 9.53 Å². The Morgan fingerprint density at radius 2 is 1.79 bits per heavy atom. The fourth-order valence-corrected chi connectivity index (χ4v) is 3.81. The molecule has 1 unspecified atom stereocenters. The number of carbonyl (C=O) groups excluding carboxylic acids is 1. The van der Waals surface area contributed by atoms with E-state index in [0.717, 1.165) is 10.9 Å². The molecule has 0 heterocycles. The first-order chi connectivity index (χ1) is 9.13. The van der Waals surface area contributed by atoms with Gasteiger partial charge in [0.2, 0.25) is 0 Å². The van der Waals surface area contributed by atoms with Gasteiger partial charge in [0.25, 0.3) is 0 Å². The maximum atomic E-state index is 11.9. The van der Waals surface area contributed by atoms with Crippen LogP contribution in [-0.4, -0.2) is 19.7 Å². The highest BCUT2D eigenvalue weighted by molar-refractivity contribution is 7.72. The minimum Gasteiger partial charge on any atom is -0.465 e. The predicted molar refractivity (Wildman–Crippen MR) is 81.1 cm³/mol. The molecule has 0 spiro atoms. The lowest BCUT2D eigenvalue weighted by Gasteiger charge is -2.17. The summed E-state index contributed by atoms with van der Waals surface area (Å²) >= 11 is 0. The Morgan fingerprint density at radius 3 is 2.42 bits per heavy atom. The molecule has 0 N–H and O–H groups in total. The highest BCUT2D eigenvalue weighted by atomic mass is 31.1. The lowest BCUT2D eigenvalue weighted by Crippen LogP contribution is -2.19. The van der Waals surface area contributed by atoms with Crippen molar-refractivity contribution in [2.24, 2.45) is 0 Å². The van der Waals surface area contributed by atoms with Crippen molar-refractivity contribution >= 4 is 24.5 Å². The quantitative estimate of drug-likeness (QED) is 0.634. The zero-order chi connectivity index (χ0) is 13.8. The summed E-state index contributed by atoms with van der Waals surface area (Å²) in [5.41, 5.74) is 1.83. The topological polar surface area (TPSA) is 26.3 Å². The summed E-state index contributed by atoms with van der Waals surface area (Å²) in [5, 5.41) is 2.33. The van der Waals surface area contributed by atoms with Crippen molar-refractivity contribution in [1.82, 2.24) is 0 Å². The second-order valence-electron chi connectivity index (χ2n) is 4.41. The molecule has 0 saturated carbocycles. The van der Waals surface area contributed by atoms with Crippen LogP contribution in [0, 0.1) is 6.92 Å². The Kier molecular flexibility index (Phi) is 4.34. The van der Waals surface area contributed by atoms with E-state index >= 15 is 0 Å². The van der Waals surface area contributed by atoms with Crippen molar-refractivity contribution in [2.75, 3.05) is 13.8 Å². The maximum absolute atomic E-state index is 11.9. The van der Waals surface area contributed by atoms with Crippen molar-refractivity contribution in [2.45, 2.75) is 6.92 Å². The van der Waals surface area contributed by atoms with Crippen LogP contribution in [0.15, 0.2) is 48.5 Å². The summed E-state index contributed by atoms with van der Waals surface area (Å²) in [7, 11) is 0.876. The van der Waals surface area contributed by atoms with Gasteiger partial charge in [-0.05, 0) is 38.2 Å². The Labute approximate surface area is 115 Å². The van der Waals surface area contributed by atoms with E-state index in [1.807, 2.05) is 37.3 Å². The number of benzene rings is 2. The van der Waals surface area contributed by atoms with E-state index < -0.39 is 7.92 Å². The maximum Gasteiger partial charge on any atom is 0.338 e. The Balaban J connectivity index is 2.49. The Bertz CT molecular complexity index is 579. The number of esters is 1. The summed E-state index contributed by atoms with van der Waals surface area (Å²) < 4.78 is 4.87. The van der Waals surface area contributed by atoms with Crippen LogP contribution < -0.4 is 10.6 Å². The Morgan fingerprint density at radius 1 is 1.11 bits per heavy atom. The van der Waals surface area contributed by atoms with Crippen molar-refractivity contribution in [3.8, 4) is 0 Å². The molecule has 1 atom stereocenters. The third kappa shape index (κ3) is 3.02. The van der Waals surface area contributed by atoms with Crippen molar-refractivity contribution in [3.05, 3.63) is 59.7 Å². The Hall–Kier alpha value is -1.66. The van der Waals surface area contributed by atoms with E-state index in [-0.39, 0.29) is 5.97 Å². The molecular formula is C16H17O2P. The molecule has 98 valence electrons. The van der Waals surface area contributed by atoms with Gasteiger partial charge in [-0.1, -0.05) is 48.0 Å². The first kappa shape index (κ1) is 13.8. The van der Waals surface area contributed by atoms with E-state index in [2.05, 4.69) is 24.9 Å². The first-order valence-electron chi connectivity index (χ1n) is 6.11. The molecule has 3 heteroatoms. The smallest absolute Gasteiger partial charge is 0.338 e. The SMILES string of the molecule is COC(=O)c1ccc(C)cc1P(C)c1ccccc1. The van der Waals surface area contributed by atoms with E-state index in [0.29, 0.717) is 5.56 Å². The monoisotopic (exact) mass is 272 g/mol. The van der Waals surface area contributed by atoms with Crippen molar-refractivity contribution in [1.29, 1.82) is 0 Å². The van der Waals surface area contributed by atoms with Crippen LogP contribution in [0.5, 0.6) is 0 Å². The molecule has 0 bridgehead atoms. The van der Waals surface area contributed by atoms with Gasteiger partial charge in [-0.3, -0.25) is 0 Å². The molecule has 0 saturated heterocycles. The molecule has 2 aromatic rings. The van der Waals surface area contributed by atoms with Crippen LogP contribution in [0.3, 0.4) is 0 Å². The molecule has 2 aromatic carbocycles. The highest BCUT2D eigenvalue weighted by Crippen LogP contribution is 2.30. The summed E-state index contributed by atoms with van der Waals surface area (Å²) in [6, 6.07) is 16.2. The van der Waals surface area contributed by atoms with Crippen LogP contribution in [-0.2, 0) is 4.74 Å². The minimum atomic E-state index is -0.547. The predicted octanol–water partition coefficient (Wildman–Crippen LogP) is 2.84. The number of ether oxygens (including phenoxy) is 1. The van der Waals surface area contributed by atoms with Crippen LogP contribution in [0.25, 0.3) is 0 Å². The lowest BCUT2D eigenvalue weighted by molar-refractivity contribution is 0.0602.